The second-order valence-electron chi connectivity index (χ2n) is 4.78. The van der Waals surface area contributed by atoms with Crippen LogP contribution in [0.1, 0.15) is 24.5 Å². The highest BCUT2D eigenvalue weighted by Crippen LogP contribution is 2.41. The molecule has 4 heteroatoms. The minimum absolute atomic E-state index is 0.220. The van der Waals surface area contributed by atoms with Crippen LogP contribution < -0.4 is 0 Å². The summed E-state index contributed by atoms with van der Waals surface area (Å²) in [5.74, 6) is -0.0108. The number of carbonyl (C=O) groups is 1. The lowest BCUT2D eigenvalue weighted by atomic mass is 9.95. The van der Waals surface area contributed by atoms with Gasteiger partial charge in [0.05, 0.1) is 0 Å². The van der Waals surface area contributed by atoms with Crippen LogP contribution in [0.15, 0.2) is 35.5 Å². The van der Waals surface area contributed by atoms with Gasteiger partial charge in [-0.3, -0.25) is 0 Å². The van der Waals surface area contributed by atoms with E-state index in [1.165, 1.54) is 0 Å². The van der Waals surface area contributed by atoms with Gasteiger partial charge in [-0.15, -0.1) is 0 Å². The van der Waals surface area contributed by atoms with Crippen molar-refractivity contribution in [3.63, 3.8) is 0 Å². The second-order valence-corrected chi connectivity index (χ2v) is 4.78. The number of phenolic OH excluding ortho intramolecular Hbond substituents is 1. The predicted molar refractivity (Wildman–Crippen MR) is 65.8 cm³/mol. The number of hydrogen-bond donors (Lipinski definition) is 1. The van der Waals surface area contributed by atoms with Crippen LogP contribution in [0, 0.1) is 0 Å². The van der Waals surface area contributed by atoms with Gasteiger partial charge in [0.15, 0.2) is 6.10 Å². The summed E-state index contributed by atoms with van der Waals surface area (Å²) in [6, 6.07) is 6.85. The van der Waals surface area contributed by atoms with Crippen LogP contribution in [0.25, 0.3) is 0 Å². The van der Waals surface area contributed by atoms with E-state index in [4.69, 9.17) is 4.74 Å². The van der Waals surface area contributed by atoms with Crippen molar-refractivity contribution in [2.45, 2.75) is 18.9 Å². The number of rotatable bonds is 1. The molecule has 94 valence electrons. The summed E-state index contributed by atoms with van der Waals surface area (Å²) < 4.78 is 5.47. The zero-order valence-electron chi connectivity index (χ0n) is 10.2. The fourth-order valence-electron chi connectivity index (χ4n) is 2.68. The van der Waals surface area contributed by atoms with Crippen LogP contribution >= 0.6 is 0 Å². The molecule has 0 saturated carbocycles. The van der Waals surface area contributed by atoms with Gasteiger partial charge in [-0.1, -0.05) is 12.1 Å². The topological polar surface area (TPSA) is 49.8 Å². The van der Waals surface area contributed by atoms with Crippen molar-refractivity contribution in [2.75, 3.05) is 13.6 Å². The molecule has 1 aromatic rings. The van der Waals surface area contributed by atoms with Gasteiger partial charge >= 0.3 is 5.97 Å². The number of esters is 1. The van der Waals surface area contributed by atoms with Crippen LogP contribution in [-0.4, -0.2) is 29.6 Å². The number of ether oxygens (including phenoxy) is 1. The van der Waals surface area contributed by atoms with Crippen molar-refractivity contribution in [3.8, 4) is 5.75 Å². The SMILES string of the molecule is CN1CCCC2=C1C(=O)O[C@@H]2c1ccc(O)cc1. The zero-order valence-corrected chi connectivity index (χ0v) is 10.2. The van der Waals surface area contributed by atoms with Crippen LogP contribution in [0.2, 0.25) is 0 Å². The van der Waals surface area contributed by atoms with E-state index in [9.17, 15) is 9.90 Å². The second kappa shape index (κ2) is 4.05. The van der Waals surface area contributed by atoms with E-state index in [1.807, 2.05) is 11.9 Å². The highest BCUT2D eigenvalue weighted by atomic mass is 16.5. The van der Waals surface area contributed by atoms with Crippen molar-refractivity contribution >= 4 is 5.97 Å². The molecule has 2 heterocycles. The number of likely N-dealkylation sites (N-methyl/N-ethyl adjacent to an activating group) is 1. The molecule has 0 unspecified atom stereocenters. The average molecular weight is 245 g/mol. The molecule has 0 aromatic heterocycles. The predicted octanol–water partition coefficient (Wildman–Crippen LogP) is 1.97. The summed E-state index contributed by atoms with van der Waals surface area (Å²) in [6.45, 7) is 0.899. The Morgan fingerprint density at radius 1 is 1.33 bits per heavy atom. The summed E-state index contributed by atoms with van der Waals surface area (Å²) in [6.07, 6.45) is 1.66. The van der Waals surface area contributed by atoms with Gasteiger partial charge in [0.25, 0.3) is 0 Å². The lowest BCUT2D eigenvalue weighted by Gasteiger charge is -2.24. The van der Waals surface area contributed by atoms with Crippen molar-refractivity contribution in [1.29, 1.82) is 0 Å². The molecule has 1 atom stereocenters. The van der Waals surface area contributed by atoms with Crippen molar-refractivity contribution < 1.29 is 14.6 Å². The van der Waals surface area contributed by atoms with Crippen LogP contribution in [-0.2, 0) is 9.53 Å². The smallest absolute Gasteiger partial charge is 0.355 e. The Bertz CT molecular complexity index is 518. The van der Waals surface area contributed by atoms with Crippen LogP contribution in [0.3, 0.4) is 0 Å². The molecule has 1 aromatic carbocycles. The number of carbonyl (C=O) groups excluding carboxylic acids is 1. The van der Waals surface area contributed by atoms with Gasteiger partial charge in [0.2, 0.25) is 0 Å². The molecule has 0 spiro atoms. The molecule has 0 saturated heterocycles. The van der Waals surface area contributed by atoms with E-state index in [0.29, 0.717) is 0 Å². The van der Waals surface area contributed by atoms with Gasteiger partial charge in [0, 0.05) is 19.2 Å². The van der Waals surface area contributed by atoms with E-state index >= 15 is 0 Å². The normalized spacial score (nSPS) is 23.1. The summed E-state index contributed by atoms with van der Waals surface area (Å²) in [5, 5.41) is 9.30. The van der Waals surface area contributed by atoms with Crippen LogP contribution in [0.5, 0.6) is 5.75 Å². The highest BCUT2D eigenvalue weighted by Gasteiger charge is 2.38. The van der Waals surface area contributed by atoms with E-state index in [1.54, 1.807) is 24.3 Å². The fourth-order valence-corrected chi connectivity index (χ4v) is 2.68. The molecule has 0 aliphatic carbocycles. The first kappa shape index (κ1) is 11.1. The first-order valence-electron chi connectivity index (χ1n) is 6.11. The molecular weight excluding hydrogens is 230 g/mol. The number of hydrogen-bond acceptors (Lipinski definition) is 4. The number of nitrogens with zero attached hydrogens (tertiary/aromatic N) is 1. The van der Waals surface area contributed by atoms with Crippen LogP contribution in [0.4, 0.5) is 0 Å². The largest absolute Gasteiger partial charge is 0.508 e. The Labute approximate surface area is 105 Å². The average Bonchev–Trinajstić information content (AvgIpc) is 2.69. The minimum Gasteiger partial charge on any atom is -0.508 e. The molecule has 2 aliphatic rings. The van der Waals surface area contributed by atoms with E-state index < -0.39 is 0 Å². The third-order valence-electron chi connectivity index (χ3n) is 3.56. The minimum atomic E-state index is -0.282. The molecule has 0 radical (unpaired) electrons. The molecule has 2 aliphatic heterocycles. The summed E-state index contributed by atoms with van der Waals surface area (Å²) >= 11 is 0. The Morgan fingerprint density at radius 3 is 2.78 bits per heavy atom. The van der Waals surface area contributed by atoms with Crippen molar-refractivity contribution in [1.82, 2.24) is 4.90 Å². The number of aromatic hydroxyl groups is 1. The summed E-state index contributed by atoms with van der Waals surface area (Å²) in [7, 11) is 1.93. The molecular formula is C14H15NO3. The summed E-state index contributed by atoms with van der Waals surface area (Å²) in [4.78, 5) is 13.9. The lowest BCUT2D eigenvalue weighted by Crippen LogP contribution is -2.26. The molecule has 1 N–H and O–H groups in total. The van der Waals surface area contributed by atoms with E-state index in [-0.39, 0.29) is 17.8 Å². The fraction of sp³-hybridized carbons (Fsp3) is 0.357. The Hall–Kier alpha value is -1.97. The number of cyclic esters (lactones) is 1. The Balaban J connectivity index is 2.00. The lowest BCUT2D eigenvalue weighted by molar-refractivity contribution is -0.141. The van der Waals surface area contributed by atoms with Gasteiger partial charge in [-0.2, -0.15) is 0 Å². The Kier molecular flexibility index (Phi) is 2.51. The maximum atomic E-state index is 11.9. The molecule has 3 rings (SSSR count). The van der Waals surface area contributed by atoms with Gasteiger partial charge < -0.3 is 14.7 Å². The highest BCUT2D eigenvalue weighted by molar-refractivity contribution is 5.92. The van der Waals surface area contributed by atoms with E-state index in [2.05, 4.69) is 0 Å². The molecule has 0 fully saturated rings. The molecule has 18 heavy (non-hydrogen) atoms. The Morgan fingerprint density at radius 2 is 2.06 bits per heavy atom. The third-order valence-corrected chi connectivity index (χ3v) is 3.56. The van der Waals surface area contributed by atoms with Crippen molar-refractivity contribution in [3.05, 3.63) is 41.1 Å². The summed E-state index contributed by atoms with van der Waals surface area (Å²) in [5.41, 5.74) is 2.71. The zero-order chi connectivity index (χ0) is 12.7. The quantitative estimate of drug-likeness (QED) is 0.768. The maximum Gasteiger partial charge on any atom is 0.355 e. The van der Waals surface area contributed by atoms with Gasteiger partial charge in [-0.25, -0.2) is 4.79 Å². The first-order valence-corrected chi connectivity index (χ1v) is 6.11. The monoisotopic (exact) mass is 245 g/mol. The third kappa shape index (κ3) is 1.65. The molecule has 0 bridgehead atoms. The number of benzene rings is 1. The standard InChI is InChI=1S/C14H15NO3/c1-15-8-2-3-11-12(15)14(17)18-13(11)9-4-6-10(16)7-5-9/h4-7,13,16H,2-3,8H2,1H3/t13-/m1/s1. The van der Waals surface area contributed by atoms with Gasteiger partial charge in [0.1, 0.15) is 11.4 Å². The molecule has 4 nitrogen and oxygen atoms in total. The molecule has 0 amide bonds. The van der Waals surface area contributed by atoms with E-state index in [0.717, 1.165) is 36.2 Å². The van der Waals surface area contributed by atoms with Gasteiger partial charge in [-0.05, 0) is 30.5 Å². The maximum absolute atomic E-state index is 11.9. The first-order chi connectivity index (χ1) is 8.66. The number of phenols is 1. The van der Waals surface area contributed by atoms with Crippen molar-refractivity contribution in [2.24, 2.45) is 0 Å².